The Kier molecular flexibility index (Phi) is 9.76. The molecule has 0 aromatic heterocycles. The zero-order valence-electron chi connectivity index (χ0n) is 19.5. The van der Waals surface area contributed by atoms with Crippen LogP contribution in [-0.4, -0.2) is 37.2 Å². The summed E-state index contributed by atoms with van der Waals surface area (Å²) in [7, 11) is 1.87. The molecule has 3 heterocycles. The zero-order valence-corrected chi connectivity index (χ0v) is 19.5. The number of benzene rings is 1. The lowest BCUT2D eigenvalue weighted by atomic mass is 9.75. The van der Waals surface area contributed by atoms with E-state index in [-0.39, 0.29) is 5.60 Å². The lowest BCUT2D eigenvalue weighted by Gasteiger charge is -2.49. The molecule has 166 valence electrons. The maximum atomic E-state index is 6.08. The van der Waals surface area contributed by atoms with E-state index in [9.17, 15) is 0 Å². The molecule has 0 N–H and O–H groups in total. The molecule has 4 rings (SSSR count). The highest BCUT2D eigenvalue weighted by molar-refractivity contribution is 5.31. The molecule has 2 nitrogen and oxygen atoms in total. The Morgan fingerprint density at radius 2 is 1.60 bits per heavy atom. The van der Waals surface area contributed by atoms with Crippen molar-refractivity contribution in [2.24, 2.45) is 5.92 Å². The van der Waals surface area contributed by atoms with Gasteiger partial charge in [0.2, 0.25) is 0 Å². The summed E-state index contributed by atoms with van der Waals surface area (Å²) in [6.07, 6.45) is 16.0. The van der Waals surface area contributed by atoms with Crippen molar-refractivity contribution in [3.8, 4) is 11.8 Å². The molecule has 2 heteroatoms. The van der Waals surface area contributed by atoms with Crippen LogP contribution in [0.3, 0.4) is 0 Å². The van der Waals surface area contributed by atoms with Gasteiger partial charge in [-0.1, -0.05) is 107 Å². The first-order valence-electron chi connectivity index (χ1n) is 12.6. The van der Waals surface area contributed by atoms with E-state index in [1.807, 2.05) is 7.11 Å². The minimum atomic E-state index is -0.248. The van der Waals surface area contributed by atoms with Gasteiger partial charge in [-0.3, -0.25) is 4.90 Å². The molecule has 0 spiro atoms. The van der Waals surface area contributed by atoms with E-state index >= 15 is 0 Å². The highest BCUT2D eigenvalue weighted by Gasteiger charge is 2.46. The lowest BCUT2D eigenvalue weighted by molar-refractivity contribution is -0.0962. The highest BCUT2D eigenvalue weighted by atomic mass is 16.5. The third-order valence-electron chi connectivity index (χ3n) is 7.33. The first-order chi connectivity index (χ1) is 14.8. The minimum absolute atomic E-state index is 0.248. The molecule has 1 aromatic carbocycles. The fourth-order valence-corrected chi connectivity index (χ4v) is 5.32. The van der Waals surface area contributed by atoms with E-state index < -0.39 is 0 Å². The molecule has 3 aliphatic rings. The second kappa shape index (κ2) is 12.5. The summed E-state index contributed by atoms with van der Waals surface area (Å²) >= 11 is 0. The maximum absolute atomic E-state index is 6.08. The van der Waals surface area contributed by atoms with Gasteiger partial charge >= 0.3 is 0 Å². The predicted octanol–water partition coefficient (Wildman–Crippen LogP) is 6.81. The van der Waals surface area contributed by atoms with E-state index in [4.69, 9.17) is 4.74 Å². The Bertz CT molecular complexity index is 652. The van der Waals surface area contributed by atoms with Crippen LogP contribution in [0.15, 0.2) is 30.3 Å². The number of rotatable bonds is 12. The number of nitrogens with zero attached hydrogens (tertiary/aromatic N) is 1. The molecule has 1 aromatic rings. The Balaban J connectivity index is 1.54. The maximum Gasteiger partial charge on any atom is 0.143 e. The zero-order chi connectivity index (χ0) is 21.1. The van der Waals surface area contributed by atoms with Crippen LogP contribution in [0.5, 0.6) is 0 Å². The summed E-state index contributed by atoms with van der Waals surface area (Å²) in [5.41, 5.74) is 1.12. The van der Waals surface area contributed by atoms with Crippen molar-refractivity contribution in [3.05, 3.63) is 35.9 Å². The van der Waals surface area contributed by atoms with Crippen LogP contribution in [0, 0.1) is 17.8 Å². The van der Waals surface area contributed by atoms with Crippen LogP contribution in [0.2, 0.25) is 0 Å². The molecule has 0 radical (unpaired) electrons. The Labute approximate surface area is 185 Å². The highest BCUT2D eigenvalue weighted by Crippen LogP contribution is 2.38. The third kappa shape index (κ3) is 6.60. The fourth-order valence-electron chi connectivity index (χ4n) is 5.32. The summed E-state index contributed by atoms with van der Waals surface area (Å²) < 4.78 is 6.08. The number of hydrogen-bond donors (Lipinski definition) is 0. The number of ether oxygens (including phenoxy) is 1. The summed E-state index contributed by atoms with van der Waals surface area (Å²) in [4.78, 5) is 2.54. The lowest BCUT2D eigenvalue weighted by Crippen LogP contribution is -2.59. The fraction of sp³-hybridized carbons (Fsp3) is 0.714. The van der Waals surface area contributed by atoms with Gasteiger partial charge in [0.05, 0.1) is 0 Å². The van der Waals surface area contributed by atoms with Gasteiger partial charge in [0.15, 0.2) is 0 Å². The first kappa shape index (κ1) is 23.4. The topological polar surface area (TPSA) is 12.5 Å². The van der Waals surface area contributed by atoms with Gasteiger partial charge in [-0.2, -0.15) is 0 Å². The van der Waals surface area contributed by atoms with Crippen molar-refractivity contribution in [1.82, 2.24) is 4.90 Å². The first-order valence-corrected chi connectivity index (χ1v) is 12.6. The minimum Gasteiger partial charge on any atom is -0.364 e. The van der Waals surface area contributed by atoms with Gasteiger partial charge in [-0.05, 0) is 37.9 Å². The molecule has 3 saturated heterocycles. The average molecular weight is 410 g/mol. The van der Waals surface area contributed by atoms with Crippen LogP contribution in [0.1, 0.15) is 95.5 Å². The SMILES string of the molecule is CCCCCCCCCCCC(C#C[C@@]1(OC)CN2CCC1CC2)c1ccccc1. The number of piperidine rings is 3. The van der Waals surface area contributed by atoms with Crippen LogP contribution in [-0.2, 0) is 4.74 Å². The number of hydrogen-bond acceptors (Lipinski definition) is 2. The van der Waals surface area contributed by atoms with Crippen molar-refractivity contribution < 1.29 is 4.74 Å². The molecule has 0 saturated carbocycles. The molecule has 1 unspecified atom stereocenters. The average Bonchev–Trinajstić information content (AvgIpc) is 2.81. The Hall–Kier alpha value is -1.30. The van der Waals surface area contributed by atoms with Gasteiger partial charge in [0.1, 0.15) is 5.60 Å². The van der Waals surface area contributed by atoms with Gasteiger partial charge in [0, 0.05) is 25.5 Å². The standard InChI is InChI=1S/C28H43NO/c1-3-4-5-6-7-8-9-10-12-17-26(25-15-13-11-14-16-25)18-21-28(30-2)24-29-22-19-27(28)20-23-29/h11,13-16,26-27H,3-10,12,17,19-20,22-24H2,1-2H3/t26?,28-/m1/s1. The van der Waals surface area contributed by atoms with Crippen LogP contribution >= 0.6 is 0 Å². The second-order valence-electron chi connectivity index (χ2n) is 9.49. The van der Waals surface area contributed by atoms with Crippen LogP contribution in [0.25, 0.3) is 0 Å². The summed E-state index contributed by atoms with van der Waals surface area (Å²) in [6.45, 7) is 5.72. The van der Waals surface area contributed by atoms with Gasteiger partial charge in [-0.25, -0.2) is 0 Å². The van der Waals surface area contributed by atoms with E-state index in [0.29, 0.717) is 11.8 Å². The molecule has 3 aliphatic heterocycles. The third-order valence-corrected chi connectivity index (χ3v) is 7.33. The van der Waals surface area contributed by atoms with E-state index in [1.54, 1.807) is 0 Å². The number of fused-ring (bicyclic) bond motifs is 3. The monoisotopic (exact) mass is 409 g/mol. The molecule has 0 aliphatic carbocycles. The molecule has 30 heavy (non-hydrogen) atoms. The molecular formula is C28H43NO. The summed E-state index contributed by atoms with van der Waals surface area (Å²) in [6, 6.07) is 10.9. The van der Waals surface area contributed by atoms with Crippen molar-refractivity contribution >= 4 is 0 Å². The van der Waals surface area contributed by atoms with Gasteiger partial charge < -0.3 is 4.74 Å². The smallest absolute Gasteiger partial charge is 0.143 e. The van der Waals surface area contributed by atoms with Crippen molar-refractivity contribution in [3.63, 3.8) is 0 Å². The van der Waals surface area contributed by atoms with Gasteiger partial charge in [0.25, 0.3) is 0 Å². The predicted molar refractivity (Wildman–Crippen MR) is 128 cm³/mol. The molecule has 3 fully saturated rings. The van der Waals surface area contributed by atoms with E-state index in [2.05, 4.69) is 54.0 Å². The van der Waals surface area contributed by atoms with E-state index in [1.165, 1.54) is 95.7 Å². The van der Waals surface area contributed by atoms with Crippen LogP contribution in [0.4, 0.5) is 0 Å². The van der Waals surface area contributed by atoms with Crippen molar-refractivity contribution in [1.29, 1.82) is 0 Å². The second-order valence-corrected chi connectivity index (χ2v) is 9.49. The number of methoxy groups -OCH3 is 1. The Morgan fingerprint density at radius 1 is 0.967 bits per heavy atom. The molecule has 2 atom stereocenters. The van der Waals surface area contributed by atoms with Crippen molar-refractivity contribution in [2.75, 3.05) is 26.7 Å². The summed E-state index contributed by atoms with van der Waals surface area (Å²) in [5, 5.41) is 0. The van der Waals surface area contributed by atoms with Crippen molar-refractivity contribution in [2.45, 2.75) is 95.5 Å². The molecular weight excluding hydrogens is 366 g/mol. The number of unbranched alkanes of at least 4 members (excludes halogenated alkanes) is 8. The molecule has 0 amide bonds. The Morgan fingerprint density at radius 3 is 2.17 bits per heavy atom. The van der Waals surface area contributed by atoms with Gasteiger partial charge in [-0.15, -0.1) is 0 Å². The largest absolute Gasteiger partial charge is 0.364 e. The summed E-state index contributed by atoms with van der Waals surface area (Å²) in [5.74, 6) is 8.32. The van der Waals surface area contributed by atoms with Crippen LogP contribution < -0.4 is 0 Å². The normalized spacial score (nSPS) is 26.2. The van der Waals surface area contributed by atoms with E-state index in [0.717, 1.165) is 6.54 Å². The molecule has 2 bridgehead atoms. The quantitative estimate of drug-likeness (QED) is 0.278.